The molecule has 0 saturated heterocycles. The van der Waals surface area contributed by atoms with Gasteiger partial charge in [-0.05, 0) is 11.6 Å². The number of carbonyl (C=O) groups is 1. The molecule has 4 heteroatoms. The van der Waals surface area contributed by atoms with Crippen molar-refractivity contribution in [2.24, 2.45) is 5.73 Å². The molecule has 0 fully saturated rings. The minimum absolute atomic E-state index is 0.0231. The highest BCUT2D eigenvalue weighted by atomic mass is 16.3. The molecule has 0 spiro atoms. The van der Waals surface area contributed by atoms with Crippen LogP contribution in [0.5, 0.6) is 0 Å². The SMILES string of the molecule is CN(Cc1ccoc1)C(=O)C(CN)c1ccccc1. The summed E-state index contributed by atoms with van der Waals surface area (Å²) < 4.78 is 5.00. The smallest absolute Gasteiger partial charge is 0.231 e. The first-order chi connectivity index (χ1) is 9.22. The number of rotatable bonds is 5. The Balaban J connectivity index is 2.08. The molecule has 2 rings (SSSR count). The Morgan fingerprint density at radius 2 is 2.05 bits per heavy atom. The molecule has 1 heterocycles. The average molecular weight is 258 g/mol. The molecule has 1 aromatic heterocycles. The lowest BCUT2D eigenvalue weighted by Gasteiger charge is -2.22. The molecular weight excluding hydrogens is 240 g/mol. The van der Waals surface area contributed by atoms with Crippen LogP contribution in [-0.2, 0) is 11.3 Å². The number of benzene rings is 1. The summed E-state index contributed by atoms with van der Waals surface area (Å²) in [5, 5.41) is 0. The van der Waals surface area contributed by atoms with Crippen LogP contribution in [0.2, 0.25) is 0 Å². The second-order valence-electron chi connectivity index (χ2n) is 4.52. The molecule has 1 atom stereocenters. The molecule has 0 aliphatic carbocycles. The van der Waals surface area contributed by atoms with Crippen LogP contribution >= 0.6 is 0 Å². The third-order valence-electron chi connectivity index (χ3n) is 3.11. The van der Waals surface area contributed by atoms with E-state index < -0.39 is 0 Å². The monoisotopic (exact) mass is 258 g/mol. The Morgan fingerprint density at radius 3 is 2.63 bits per heavy atom. The highest BCUT2D eigenvalue weighted by Gasteiger charge is 2.22. The van der Waals surface area contributed by atoms with E-state index in [9.17, 15) is 4.79 Å². The van der Waals surface area contributed by atoms with E-state index >= 15 is 0 Å². The van der Waals surface area contributed by atoms with Crippen molar-refractivity contribution in [1.82, 2.24) is 4.90 Å². The number of nitrogens with two attached hydrogens (primary N) is 1. The Labute approximate surface area is 112 Å². The molecular formula is C15H18N2O2. The fourth-order valence-corrected chi connectivity index (χ4v) is 2.07. The predicted molar refractivity (Wildman–Crippen MR) is 73.4 cm³/mol. The molecule has 0 saturated carbocycles. The highest BCUT2D eigenvalue weighted by molar-refractivity contribution is 5.83. The molecule has 0 aliphatic heterocycles. The van der Waals surface area contributed by atoms with Gasteiger partial charge in [0.15, 0.2) is 0 Å². The van der Waals surface area contributed by atoms with Crippen molar-refractivity contribution in [3.63, 3.8) is 0 Å². The van der Waals surface area contributed by atoms with Crippen molar-refractivity contribution in [3.8, 4) is 0 Å². The quantitative estimate of drug-likeness (QED) is 0.892. The summed E-state index contributed by atoms with van der Waals surface area (Å²) in [5.74, 6) is -0.270. The van der Waals surface area contributed by atoms with Gasteiger partial charge in [-0.25, -0.2) is 0 Å². The highest BCUT2D eigenvalue weighted by Crippen LogP contribution is 2.18. The van der Waals surface area contributed by atoms with Gasteiger partial charge in [-0.3, -0.25) is 4.79 Å². The number of furan rings is 1. The number of nitrogens with zero attached hydrogens (tertiary/aromatic N) is 1. The van der Waals surface area contributed by atoms with E-state index in [2.05, 4.69) is 0 Å². The van der Waals surface area contributed by atoms with Gasteiger partial charge in [-0.15, -0.1) is 0 Å². The summed E-state index contributed by atoms with van der Waals surface area (Å²) in [6.07, 6.45) is 3.25. The zero-order valence-corrected chi connectivity index (χ0v) is 11.0. The third kappa shape index (κ3) is 3.23. The van der Waals surface area contributed by atoms with Gasteiger partial charge < -0.3 is 15.1 Å². The summed E-state index contributed by atoms with van der Waals surface area (Å²) in [7, 11) is 1.78. The lowest BCUT2D eigenvalue weighted by atomic mass is 9.98. The van der Waals surface area contributed by atoms with Crippen LogP contribution in [-0.4, -0.2) is 24.4 Å². The van der Waals surface area contributed by atoms with Crippen molar-refractivity contribution < 1.29 is 9.21 Å². The Hall–Kier alpha value is -2.07. The number of carbonyl (C=O) groups excluding carboxylic acids is 1. The molecule has 2 aromatic rings. The van der Waals surface area contributed by atoms with Gasteiger partial charge in [0, 0.05) is 25.7 Å². The molecule has 0 bridgehead atoms. The van der Waals surface area contributed by atoms with Crippen LogP contribution in [0.15, 0.2) is 53.3 Å². The molecule has 1 amide bonds. The van der Waals surface area contributed by atoms with Crippen LogP contribution in [0, 0.1) is 0 Å². The first-order valence-corrected chi connectivity index (χ1v) is 6.23. The number of amides is 1. The van der Waals surface area contributed by atoms with E-state index in [1.165, 1.54) is 0 Å². The minimum Gasteiger partial charge on any atom is -0.472 e. The van der Waals surface area contributed by atoms with Crippen molar-refractivity contribution in [3.05, 3.63) is 60.1 Å². The van der Waals surface area contributed by atoms with Crippen LogP contribution < -0.4 is 5.73 Å². The van der Waals surface area contributed by atoms with Gasteiger partial charge in [-0.2, -0.15) is 0 Å². The van der Waals surface area contributed by atoms with Crippen LogP contribution in [0.1, 0.15) is 17.0 Å². The summed E-state index contributed by atoms with van der Waals surface area (Å²) >= 11 is 0. The second-order valence-corrected chi connectivity index (χ2v) is 4.52. The van der Waals surface area contributed by atoms with E-state index in [0.717, 1.165) is 11.1 Å². The normalized spacial score (nSPS) is 12.1. The van der Waals surface area contributed by atoms with Gasteiger partial charge in [0.05, 0.1) is 18.4 Å². The molecule has 1 aromatic carbocycles. The van der Waals surface area contributed by atoms with E-state index in [4.69, 9.17) is 10.2 Å². The summed E-state index contributed by atoms with van der Waals surface area (Å²) in [6, 6.07) is 11.5. The largest absolute Gasteiger partial charge is 0.472 e. The van der Waals surface area contributed by atoms with E-state index in [1.54, 1.807) is 24.5 Å². The summed E-state index contributed by atoms with van der Waals surface area (Å²) in [4.78, 5) is 14.1. The van der Waals surface area contributed by atoms with Crippen LogP contribution in [0.25, 0.3) is 0 Å². The number of likely N-dealkylation sites (N-methyl/N-ethyl adjacent to an activating group) is 1. The van der Waals surface area contributed by atoms with Crippen molar-refractivity contribution in [2.75, 3.05) is 13.6 Å². The average Bonchev–Trinajstić information content (AvgIpc) is 2.93. The molecule has 1 unspecified atom stereocenters. The molecule has 19 heavy (non-hydrogen) atoms. The maximum Gasteiger partial charge on any atom is 0.231 e. The molecule has 0 aliphatic rings. The Morgan fingerprint density at radius 1 is 1.32 bits per heavy atom. The fraction of sp³-hybridized carbons (Fsp3) is 0.267. The zero-order valence-electron chi connectivity index (χ0n) is 11.0. The van der Waals surface area contributed by atoms with Gasteiger partial charge >= 0.3 is 0 Å². The van der Waals surface area contributed by atoms with Crippen LogP contribution in [0.4, 0.5) is 0 Å². The fourth-order valence-electron chi connectivity index (χ4n) is 2.07. The number of hydrogen-bond donors (Lipinski definition) is 1. The van der Waals surface area contributed by atoms with Crippen molar-refractivity contribution >= 4 is 5.91 Å². The van der Waals surface area contributed by atoms with Gasteiger partial charge in [0.2, 0.25) is 5.91 Å². The Bertz CT molecular complexity index is 508. The molecule has 2 N–H and O–H groups in total. The van der Waals surface area contributed by atoms with E-state index in [0.29, 0.717) is 13.1 Å². The lowest BCUT2D eigenvalue weighted by Crippen LogP contribution is -2.34. The summed E-state index contributed by atoms with van der Waals surface area (Å²) in [5.41, 5.74) is 7.68. The molecule has 4 nitrogen and oxygen atoms in total. The standard InChI is InChI=1S/C15H18N2O2/c1-17(10-12-7-8-19-11-12)15(18)14(9-16)13-5-3-2-4-6-13/h2-8,11,14H,9-10,16H2,1H3. The van der Waals surface area contributed by atoms with Gasteiger partial charge in [-0.1, -0.05) is 30.3 Å². The summed E-state index contributed by atoms with van der Waals surface area (Å²) in [6.45, 7) is 0.831. The lowest BCUT2D eigenvalue weighted by molar-refractivity contribution is -0.131. The topological polar surface area (TPSA) is 59.5 Å². The first-order valence-electron chi connectivity index (χ1n) is 6.23. The third-order valence-corrected chi connectivity index (χ3v) is 3.11. The maximum atomic E-state index is 12.4. The number of hydrogen-bond acceptors (Lipinski definition) is 3. The van der Waals surface area contributed by atoms with Crippen molar-refractivity contribution in [2.45, 2.75) is 12.5 Å². The van der Waals surface area contributed by atoms with Gasteiger partial charge in [0.25, 0.3) is 0 Å². The maximum absolute atomic E-state index is 12.4. The predicted octanol–water partition coefficient (Wildman–Crippen LogP) is 1.98. The first kappa shape index (κ1) is 13.4. The minimum atomic E-state index is -0.293. The van der Waals surface area contributed by atoms with E-state index in [1.807, 2.05) is 36.4 Å². The molecule has 0 radical (unpaired) electrons. The Kier molecular flexibility index (Phi) is 4.36. The zero-order chi connectivity index (χ0) is 13.7. The molecule has 100 valence electrons. The van der Waals surface area contributed by atoms with E-state index in [-0.39, 0.29) is 11.8 Å². The van der Waals surface area contributed by atoms with Crippen molar-refractivity contribution in [1.29, 1.82) is 0 Å². The van der Waals surface area contributed by atoms with Crippen LogP contribution in [0.3, 0.4) is 0 Å². The van der Waals surface area contributed by atoms with Gasteiger partial charge in [0.1, 0.15) is 0 Å². The second kappa shape index (κ2) is 6.20.